The second kappa shape index (κ2) is 5.57. The average Bonchev–Trinajstić information content (AvgIpc) is 2.79. The van der Waals surface area contributed by atoms with Gasteiger partial charge in [0.05, 0.1) is 32.6 Å². The van der Waals surface area contributed by atoms with Gasteiger partial charge in [0.25, 0.3) is 0 Å². The standard InChI is InChI=1S/C14H8BrCl3N2/c15-8-4-5-10-12(6-8)20(13(7-16)19-10)11-3-1-2-9(17)14(11)18/h1-6H,7H2. The van der Waals surface area contributed by atoms with E-state index in [1.54, 1.807) is 6.07 Å². The van der Waals surface area contributed by atoms with Crippen molar-refractivity contribution in [1.29, 1.82) is 0 Å². The maximum Gasteiger partial charge on any atom is 0.129 e. The summed E-state index contributed by atoms with van der Waals surface area (Å²) in [6.45, 7) is 0. The maximum absolute atomic E-state index is 6.32. The minimum atomic E-state index is 0.287. The Morgan fingerprint density at radius 3 is 2.70 bits per heavy atom. The monoisotopic (exact) mass is 388 g/mol. The highest BCUT2D eigenvalue weighted by molar-refractivity contribution is 9.10. The van der Waals surface area contributed by atoms with Gasteiger partial charge in [0, 0.05) is 4.47 Å². The summed E-state index contributed by atoms with van der Waals surface area (Å²) in [4.78, 5) is 4.53. The molecule has 20 heavy (non-hydrogen) atoms. The number of hydrogen-bond acceptors (Lipinski definition) is 1. The number of halogens is 4. The van der Waals surface area contributed by atoms with Gasteiger partial charge in [0.15, 0.2) is 0 Å². The summed E-state index contributed by atoms with van der Waals surface area (Å²) in [7, 11) is 0. The lowest BCUT2D eigenvalue weighted by molar-refractivity contribution is 0.982. The Bertz CT molecular complexity index is 798. The van der Waals surface area contributed by atoms with Crippen LogP contribution in [0.2, 0.25) is 10.0 Å². The van der Waals surface area contributed by atoms with E-state index in [1.165, 1.54) is 0 Å². The fourth-order valence-electron chi connectivity index (χ4n) is 2.12. The molecule has 0 aliphatic rings. The molecule has 3 rings (SSSR count). The maximum atomic E-state index is 6.32. The molecule has 0 atom stereocenters. The highest BCUT2D eigenvalue weighted by Crippen LogP contribution is 2.33. The number of rotatable bonds is 2. The molecule has 0 fully saturated rings. The van der Waals surface area contributed by atoms with Crippen LogP contribution in [0.15, 0.2) is 40.9 Å². The zero-order valence-corrected chi connectivity index (χ0v) is 13.9. The van der Waals surface area contributed by atoms with Crippen molar-refractivity contribution in [2.45, 2.75) is 5.88 Å². The molecule has 0 unspecified atom stereocenters. The smallest absolute Gasteiger partial charge is 0.129 e. The van der Waals surface area contributed by atoms with Crippen molar-refractivity contribution >= 4 is 61.8 Å². The van der Waals surface area contributed by atoms with Gasteiger partial charge in [-0.25, -0.2) is 4.98 Å². The summed E-state index contributed by atoms with van der Waals surface area (Å²) in [5.74, 6) is 1.01. The summed E-state index contributed by atoms with van der Waals surface area (Å²) in [5.41, 5.74) is 2.56. The van der Waals surface area contributed by atoms with Crippen LogP contribution in [0.5, 0.6) is 0 Å². The molecule has 102 valence electrons. The molecule has 0 saturated carbocycles. The van der Waals surface area contributed by atoms with E-state index in [1.807, 2.05) is 34.9 Å². The van der Waals surface area contributed by atoms with Crippen LogP contribution < -0.4 is 0 Å². The third-order valence-corrected chi connectivity index (χ3v) is 4.52. The summed E-state index contributed by atoms with van der Waals surface area (Å²) in [6.07, 6.45) is 0. The molecule has 2 aromatic carbocycles. The molecule has 1 aromatic heterocycles. The molecule has 2 nitrogen and oxygen atoms in total. The Labute approximate surface area is 139 Å². The van der Waals surface area contributed by atoms with Crippen LogP contribution in [0, 0.1) is 0 Å². The SMILES string of the molecule is ClCc1nc2ccc(Br)cc2n1-c1cccc(Cl)c1Cl. The Morgan fingerprint density at radius 1 is 1.15 bits per heavy atom. The van der Waals surface area contributed by atoms with Crippen molar-refractivity contribution in [3.05, 3.63) is 56.7 Å². The summed E-state index contributed by atoms with van der Waals surface area (Å²) < 4.78 is 2.90. The van der Waals surface area contributed by atoms with E-state index in [4.69, 9.17) is 34.8 Å². The molecule has 0 N–H and O–H groups in total. The topological polar surface area (TPSA) is 17.8 Å². The van der Waals surface area contributed by atoms with E-state index in [-0.39, 0.29) is 5.88 Å². The summed E-state index contributed by atoms with van der Waals surface area (Å²) >= 11 is 21.9. The zero-order valence-electron chi connectivity index (χ0n) is 10.1. The number of alkyl halides is 1. The van der Waals surface area contributed by atoms with E-state index < -0.39 is 0 Å². The average molecular weight is 390 g/mol. The molecule has 0 aliphatic carbocycles. The lowest BCUT2D eigenvalue weighted by Crippen LogP contribution is -2.00. The fourth-order valence-corrected chi connectivity index (χ4v) is 3.03. The van der Waals surface area contributed by atoms with Gasteiger partial charge in [0.1, 0.15) is 5.82 Å². The van der Waals surface area contributed by atoms with E-state index in [0.29, 0.717) is 10.0 Å². The molecule has 3 aromatic rings. The first-order valence-electron chi connectivity index (χ1n) is 5.79. The molecule has 0 radical (unpaired) electrons. The predicted octanol–water partition coefficient (Wildman–Crippen LogP) is 5.83. The molecule has 0 spiro atoms. The number of aromatic nitrogens is 2. The molecule has 0 bridgehead atoms. The third-order valence-electron chi connectivity index (χ3n) is 2.98. The van der Waals surface area contributed by atoms with Gasteiger partial charge < -0.3 is 0 Å². The van der Waals surface area contributed by atoms with Gasteiger partial charge in [-0.15, -0.1) is 11.6 Å². The second-order valence-electron chi connectivity index (χ2n) is 4.20. The number of nitrogens with zero attached hydrogens (tertiary/aromatic N) is 2. The first-order chi connectivity index (χ1) is 9.61. The van der Waals surface area contributed by atoms with Crippen LogP contribution >= 0.6 is 50.7 Å². The van der Waals surface area contributed by atoms with Crippen LogP contribution in [0.4, 0.5) is 0 Å². The molecule has 1 heterocycles. The quantitative estimate of drug-likeness (QED) is 0.503. The summed E-state index contributed by atoms with van der Waals surface area (Å²) in [5, 5.41) is 0.987. The van der Waals surface area contributed by atoms with Crippen molar-refractivity contribution in [3.8, 4) is 5.69 Å². The van der Waals surface area contributed by atoms with Crippen molar-refractivity contribution in [2.24, 2.45) is 0 Å². The highest BCUT2D eigenvalue weighted by atomic mass is 79.9. The Morgan fingerprint density at radius 2 is 1.95 bits per heavy atom. The number of imidazole rings is 1. The highest BCUT2D eigenvalue weighted by Gasteiger charge is 2.15. The van der Waals surface area contributed by atoms with Crippen molar-refractivity contribution in [1.82, 2.24) is 9.55 Å². The molecule has 0 amide bonds. The van der Waals surface area contributed by atoms with E-state index in [2.05, 4.69) is 20.9 Å². The van der Waals surface area contributed by atoms with Gasteiger partial charge >= 0.3 is 0 Å². The minimum Gasteiger partial charge on any atom is -0.294 e. The van der Waals surface area contributed by atoms with Gasteiger partial charge in [-0.3, -0.25) is 4.57 Å². The second-order valence-corrected chi connectivity index (χ2v) is 6.17. The van der Waals surface area contributed by atoms with Gasteiger partial charge in [-0.1, -0.05) is 45.2 Å². The van der Waals surface area contributed by atoms with Crippen LogP contribution in [-0.4, -0.2) is 9.55 Å². The van der Waals surface area contributed by atoms with Crippen molar-refractivity contribution in [2.75, 3.05) is 0 Å². The zero-order chi connectivity index (χ0) is 14.3. The third kappa shape index (κ3) is 2.33. The molecule has 0 saturated heterocycles. The Kier molecular flexibility index (Phi) is 3.95. The largest absolute Gasteiger partial charge is 0.294 e. The Balaban J connectivity index is 2.39. The summed E-state index contributed by atoms with van der Waals surface area (Å²) in [6, 6.07) is 11.4. The molecule has 0 aliphatic heterocycles. The molecular formula is C14H8BrCl3N2. The molecular weight excluding hydrogens is 382 g/mol. The first-order valence-corrected chi connectivity index (χ1v) is 7.87. The van der Waals surface area contributed by atoms with Crippen molar-refractivity contribution in [3.63, 3.8) is 0 Å². The van der Waals surface area contributed by atoms with Crippen molar-refractivity contribution < 1.29 is 0 Å². The normalized spacial score (nSPS) is 11.2. The fraction of sp³-hybridized carbons (Fsp3) is 0.0714. The van der Waals surface area contributed by atoms with Crippen LogP contribution in [-0.2, 0) is 5.88 Å². The molecule has 6 heteroatoms. The minimum absolute atomic E-state index is 0.287. The predicted molar refractivity (Wildman–Crippen MR) is 88.3 cm³/mol. The number of fused-ring (bicyclic) bond motifs is 1. The van der Waals surface area contributed by atoms with E-state index in [9.17, 15) is 0 Å². The van der Waals surface area contributed by atoms with Gasteiger partial charge in [-0.2, -0.15) is 0 Å². The van der Waals surface area contributed by atoms with E-state index >= 15 is 0 Å². The first kappa shape index (κ1) is 14.2. The number of hydrogen-bond donors (Lipinski definition) is 0. The number of benzene rings is 2. The van der Waals surface area contributed by atoms with Crippen LogP contribution in [0.3, 0.4) is 0 Å². The van der Waals surface area contributed by atoms with Gasteiger partial charge in [0.2, 0.25) is 0 Å². The van der Waals surface area contributed by atoms with E-state index in [0.717, 1.165) is 27.0 Å². The Hall–Kier alpha value is -0.740. The van der Waals surface area contributed by atoms with Gasteiger partial charge in [-0.05, 0) is 30.3 Å². The lowest BCUT2D eigenvalue weighted by atomic mass is 10.2. The van der Waals surface area contributed by atoms with Crippen LogP contribution in [0.1, 0.15) is 5.82 Å². The van der Waals surface area contributed by atoms with Crippen LogP contribution in [0.25, 0.3) is 16.7 Å². The lowest BCUT2D eigenvalue weighted by Gasteiger charge is -2.11.